The smallest absolute Gasteiger partial charge is 0.178 e. The number of para-hydroxylation sites is 1. The summed E-state index contributed by atoms with van der Waals surface area (Å²) < 4.78 is 13.6. The van der Waals surface area contributed by atoms with E-state index in [4.69, 9.17) is 17.5 Å². The molecule has 4 nitrogen and oxygen atoms in total. The van der Waals surface area contributed by atoms with Gasteiger partial charge in [-0.25, -0.2) is 0 Å². The third-order valence-electron chi connectivity index (χ3n) is 2.74. The summed E-state index contributed by atoms with van der Waals surface area (Å²) in [7, 11) is -0.783. The number of imidazole rings is 1. The third-order valence-corrected chi connectivity index (χ3v) is 3.93. The van der Waals surface area contributed by atoms with E-state index in [2.05, 4.69) is 11.1 Å². The van der Waals surface area contributed by atoms with Crippen molar-refractivity contribution in [1.29, 1.82) is 5.26 Å². The van der Waals surface area contributed by atoms with Crippen molar-refractivity contribution in [2.45, 2.75) is 13.0 Å². The van der Waals surface area contributed by atoms with Crippen molar-refractivity contribution < 1.29 is 4.21 Å². The minimum Gasteiger partial charge on any atom is -0.329 e. The first-order valence-corrected chi connectivity index (χ1v) is 7.68. The zero-order valence-electron chi connectivity index (χ0n) is 9.97. The molecule has 1 heterocycles. The van der Waals surface area contributed by atoms with Crippen LogP contribution in [-0.2, 0) is 17.3 Å². The zero-order chi connectivity index (χ0) is 13.1. The van der Waals surface area contributed by atoms with Crippen LogP contribution in [0, 0.1) is 16.1 Å². The van der Waals surface area contributed by atoms with Crippen molar-refractivity contribution >= 4 is 34.1 Å². The number of aryl methyl sites for hydroxylation is 1. The van der Waals surface area contributed by atoms with Gasteiger partial charge < -0.3 is 9.55 Å². The molecule has 1 aromatic heterocycles. The molecule has 0 amide bonds. The number of fused-ring (bicyclic) bond motifs is 1. The lowest BCUT2D eigenvalue weighted by Gasteiger charge is -2.03. The van der Waals surface area contributed by atoms with Gasteiger partial charge in [0.1, 0.15) is 6.07 Å². The number of nitrogens with one attached hydrogen (secondary N) is 1. The van der Waals surface area contributed by atoms with Crippen molar-refractivity contribution in [3.63, 3.8) is 0 Å². The second-order valence-electron chi connectivity index (χ2n) is 4.02. The van der Waals surface area contributed by atoms with Gasteiger partial charge in [0, 0.05) is 29.4 Å². The number of benzene rings is 1. The number of rotatable bonds is 4. The molecule has 2 aromatic rings. The average molecular weight is 279 g/mol. The molecule has 0 fully saturated rings. The van der Waals surface area contributed by atoms with E-state index in [1.54, 1.807) is 12.3 Å². The molecular weight excluding hydrogens is 266 g/mol. The molecule has 6 heteroatoms. The van der Waals surface area contributed by atoms with E-state index in [1.807, 2.05) is 16.7 Å². The van der Waals surface area contributed by atoms with Crippen LogP contribution in [-0.4, -0.2) is 25.8 Å². The fourth-order valence-corrected chi connectivity index (χ4v) is 2.75. The van der Waals surface area contributed by atoms with E-state index in [-0.39, 0.29) is 0 Å². The van der Waals surface area contributed by atoms with Crippen LogP contribution in [0.2, 0.25) is 0 Å². The molecule has 0 saturated heterocycles. The van der Waals surface area contributed by atoms with Gasteiger partial charge in [0.25, 0.3) is 0 Å². The van der Waals surface area contributed by atoms with Gasteiger partial charge in [-0.05, 0) is 30.8 Å². The van der Waals surface area contributed by atoms with Crippen LogP contribution in [0.4, 0.5) is 0 Å². The largest absolute Gasteiger partial charge is 0.329 e. The summed E-state index contributed by atoms with van der Waals surface area (Å²) in [5.74, 6) is 0.659. The minimum absolute atomic E-state index is 0.594. The van der Waals surface area contributed by atoms with E-state index < -0.39 is 10.8 Å². The topological polar surface area (TPSA) is 61.6 Å². The maximum absolute atomic E-state index is 11.0. The molecule has 94 valence electrons. The van der Waals surface area contributed by atoms with Crippen LogP contribution >= 0.6 is 12.2 Å². The van der Waals surface area contributed by atoms with Crippen LogP contribution in [0.15, 0.2) is 18.2 Å². The Bertz CT molecular complexity index is 693. The molecule has 0 radical (unpaired) electrons. The summed E-state index contributed by atoms with van der Waals surface area (Å²) in [6.45, 7) is 0.716. The highest BCUT2D eigenvalue weighted by atomic mass is 32.2. The van der Waals surface area contributed by atoms with Crippen LogP contribution in [0.25, 0.3) is 11.0 Å². The number of aromatic nitrogens is 2. The number of nitriles is 1. The Kier molecular flexibility index (Phi) is 3.94. The first-order valence-electron chi connectivity index (χ1n) is 5.55. The average Bonchev–Trinajstić information content (AvgIpc) is 2.65. The van der Waals surface area contributed by atoms with E-state index in [9.17, 15) is 4.21 Å². The zero-order valence-corrected chi connectivity index (χ0v) is 11.6. The van der Waals surface area contributed by atoms with Gasteiger partial charge in [0.2, 0.25) is 0 Å². The third kappa shape index (κ3) is 2.52. The van der Waals surface area contributed by atoms with Gasteiger partial charge >= 0.3 is 0 Å². The highest BCUT2D eigenvalue weighted by Gasteiger charge is 2.07. The van der Waals surface area contributed by atoms with E-state index in [1.165, 1.54) is 0 Å². The fourth-order valence-electron chi connectivity index (χ4n) is 1.92. The van der Waals surface area contributed by atoms with Crippen LogP contribution in [0.3, 0.4) is 0 Å². The Labute approximate surface area is 113 Å². The molecule has 0 aliphatic carbocycles. The summed E-state index contributed by atoms with van der Waals surface area (Å²) in [6, 6.07) is 7.69. The first kappa shape index (κ1) is 13.0. The normalized spacial score (nSPS) is 12.4. The molecule has 2 rings (SSSR count). The summed E-state index contributed by atoms with van der Waals surface area (Å²) in [5.41, 5.74) is 2.31. The van der Waals surface area contributed by atoms with E-state index in [0.717, 1.165) is 17.5 Å². The van der Waals surface area contributed by atoms with E-state index >= 15 is 0 Å². The molecule has 1 atom stereocenters. The van der Waals surface area contributed by atoms with Crippen LogP contribution in [0.1, 0.15) is 12.0 Å². The number of hydrogen-bond donors (Lipinski definition) is 1. The van der Waals surface area contributed by atoms with Crippen molar-refractivity contribution in [3.05, 3.63) is 28.5 Å². The van der Waals surface area contributed by atoms with Gasteiger partial charge in [0.15, 0.2) is 4.77 Å². The minimum atomic E-state index is -0.783. The van der Waals surface area contributed by atoms with Gasteiger partial charge in [-0.1, -0.05) is 6.07 Å². The molecule has 0 saturated carbocycles. The lowest BCUT2D eigenvalue weighted by atomic mass is 10.2. The van der Waals surface area contributed by atoms with Crippen molar-refractivity contribution in [3.8, 4) is 6.07 Å². The SMILES string of the molecule is CS(=O)CCCn1c(=S)[nH]c2c(C#N)cccc21. The lowest BCUT2D eigenvalue weighted by Crippen LogP contribution is -2.03. The molecule has 18 heavy (non-hydrogen) atoms. The Morgan fingerprint density at radius 2 is 2.33 bits per heavy atom. The Morgan fingerprint density at radius 3 is 3.00 bits per heavy atom. The molecule has 1 unspecified atom stereocenters. The Balaban J connectivity index is 2.40. The van der Waals surface area contributed by atoms with Gasteiger partial charge in [0.05, 0.1) is 16.6 Å². The van der Waals surface area contributed by atoms with Gasteiger partial charge in [-0.15, -0.1) is 0 Å². The second kappa shape index (κ2) is 5.46. The second-order valence-corrected chi connectivity index (χ2v) is 5.97. The number of aromatic amines is 1. The Morgan fingerprint density at radius 1 is 1.56 bits per heavy atom. The molecule has 0 aliphatic rings. The summed E-state index contributed by atoms with van der Waals surface area (Å²) in [5, 5.41) is 9.03. The van der Waals surface area contributed by atoms with Gasteiger partial charge in [-0.2, -0.15) is 5.26 Å². The molecule has 0 spiro atoms. The summed E-state index contributed by atoms with van der Waals surface area (Å²) in [4.78, 5) is 3.06. The quantitative estimate of drug-likeness (QED) is 0.874. The fraction of sp³-hybridized carbons (Fsp3) is 0.333. The predicted octanol–water partition coefficient (Wildman–Crippen LogP) is 2.34. The van der Waals surface area contributed by atoms with Gasteiger partial charge in [-0.3, -0.25) is 4.21 Å². The molecular formula is C12H13N3OS2. The Hall–Kier alpha value is -1.45. The van der Waals surface area contributed by atoms with Crippen LogP contribution < -0.4 is 0 Å². The van der Waals surface area contributed by atoms with E-state index in [0.29, 0.717) is 22.6 Å². The predicted molar refractivity (Wildman–Crippen MR) is 75.4 cm³/mol. The monoisotopic (exact) mass is 279 g/mol. The number of nitrogens with zero attached hydrogens (tertiary/aromatic N) is 2. The molecule has 1 aromatic carbocycles. The van der Waals surface area contributed by atoms with Crippen molar-refractivity contribution in [2.24, 2.45) is 0 Å². The first-order chi connectivity index (χ1) is 8.63. The lowest BCUT2D eigenvalue weighted by molar-refractivity contribution is 0.665. The highest BCUT2D eigenvalue weighted by molar-refractivity contribution is 7.84. The number of hydrogen-bond acceptors (Lipinski definition) is 3. The summed E-state index contributed by atoms with van der Waals surface area (Å²) in [6.07, 6.45) is 2.50. The van der Waals surface area contributed by atoms with Crippen molar-refractivity contribution in [1.82, 2.24) is 9.55 Å². The maximum Gasteiger partial charge on any atom is 0.178 e. The van der Waals surface area contributed by atoms with Crippen LogP contribution in [0.5, 0.6) is 0 Å². The maximum atomic E-state index is 11.0. The summed E-state index contributed by atoms with van der Waals surface area (Å²) >= 11 is 5.26. The van der Waals surface area contributed by atoms with Crippen molar-refractivity contribution in [2.75, 3.05) is 12.0 Å². The molecule has 0 bridgehead atoms. The molecule has 0 aliphatic heterocycles. The highest BCUT2D eigenvalue weighted by Crippen LogP contribution is 2.18. The number of H-pyrrole nitrogens is 1. The molecule has 1 N–H and O–H groups in total. The standard InChI is InChI=1S/C12H13N3OS2/c1-18(16)7-3-6-15-10-5-2-4-9(8-13)11(10)14-12(15)17/h2,4-5H,3,6-7H2,1H3,(H,14,17).